The van der Waals surface area contributed by atoms with E-state index < -0.39 is 0 Å². The molecule has 0 spiro atoms. The van der Waals surface area contributed by atoms with Crippen molar-refractivity contribution in [3.63, 3.8) is 0 Å². The number of hydrogen-bond acceptors (Lipinski definition) is 0. The van der Waals surface area contributed by atoms with Crippen LogP contribution in [0.25, 0.3) is 0 Å². The average molecular weight is 269 g/mol. The van der Waals surface area contributed by atoms with Crippen molar-refractivity contribution in [2.24, 2.45) is 0 Å². The molecule has 0 bridgehead atoms. The van der Waals surface area contributed by atoms with Crippen LogP contribution < -0.4 is 0 Å². The highest BCUT2D eigenvalue weighted by molar-refractivity contribution is 6.31. The predicted octanol–water partition coefficient (Wildman–Crippen LogP) is 6.66. The van der Waals surface area contributed by atoms with E-state index in [1.165, 1.54) is 50.5 Å². The molecule has 1 aromatic rings. The van der Waals surface area contributed by atoms with E-state index in [1.807, 2.05) is 24.3 Å². The molecule has 0 radical (unpaired) electrons. The SMILES string of the molecule is CCCCCCCCC.CCc1ccccc1Cl. The topological polar surface area (TPSA) is 0 Å². The summed E-state index contributed by atoms with van der Waals surface area (Å²) in [6.07, 6.45) is 11.0. The van der Waals surface area contributed by atoms with Gasteiger partial charge < -0.3 is 0 Å². The summed E-state index contributed by atoms with van der Waals surface area (Å²) in [5, 5.41) is 0.875. The first kappa shape index (κ1) is 17.5. The molecule has 0 aliphatic rings. The zero-order valence-electron chi connectivity index (χ0n) is 12.3. The van der Waals surface area contributed by atoms with Gasteiger partial charge in [-0.25, -0.2) is 0 Å². The zero-order chi connectivity index (χ0) is 13.6. The second-order valence-electron chi connectivity index (χ2n) is 4.71. The van der Waals surface area contributed by atoms with Crippen molar-refractivity contribution < 1.29 is 0 Å². The molecule has 0 heterocycles. The van der Waals surface area contributed by atoms with Gasteiger partial charge in [-0.2, -0.15) is 0 Å². The second-order valence-corrected chi connectivity index (χ2v) is 5.12. The van der Waals surface area contributed by atoms with Crippen LogP contribution in [0.1, 0.15) is 71.3 Å². The molecular formula is C17H29Cl. The van der Waals surface area contributed by atoms with Crippen LogP contribution >= 0.6 is 11.6 Å². The average Bonchev–Trinajstić information content (AvgIpc) is 2.40. The van der Waals surface area contributed by atoms with Crippen LogP contribution in [0.4, 0.5) is 0 Å². The third kappa shape index (κ3) is 9.53. The largest absolute Gasteiger partial charge is 0.0840 e. The molecule has 0 amide bonds. The minimum absolute atomic E-state index is 0.875. The van der Waals surface area contributed by atoms with Gasteiger partial charge in [0.05, 0.1) is 0 Å². The van der Waals surface area contributed by atoms with Crippen LogP contribution in [0.15, 0.2) is 24.3 Å². The molecule has 0 aromatic heterocycles. The normalized spacial score (nSPS) is 9.78. The highest BCUT2D eigenvalue weighted by atomic mass is 35.5. The molecule has 0 atom stereocenters. The minimum atomic E-state index is 0.875. The molecule has 0 unspecified atom stereocenters. The molecule has 1 aromatic carbocycles. The highest BCUT2D eigenvalue weighted by Gasteiger charge is 1.91. The number of aryl methyl sites for hydroxylation is 1. The Morgan fingerprint density at radius 1 is 0.778 bits per heavy atom. The maximum Gasteiger partial charge on any atom is 0.0437 e. The predicted molar refractivity (Wildman–Crippen MR) is 84.5 cm³/mol. The van der Waals surface area contributed by atoms with Gasteiger partial charge in [-0.1, -0.05) is 95.5 Å². The molecule has 0 saturated carbocycles. The standard InChI is InChI=1S/C9H20.C8H9Cl/c1-3-5-7-9-8-6-4-2;1-2-7-5-3-4-6-8(7)9/h3-9H2,1-2H3;3-6H,2H2,1H3. The van der Waals surface area contributed by atoms with Crippen LogP contribution in [-0.4, -0.2) is 0 Å². The molecule has 18 heavy (non-hydrogen) atoms. The van der Waals surface area contributed by atoms with Crippen LogP contribution in [0, 0.1) is 0 Å². The summed E-state index contributed by atoms with van der Waals surface area (Å²) < 4.78 is 0. The Kier molecular flexibility index (Phi) is 12.6. The van der Waals surface area contributed by atoms with Gasteiger partial charge in [-0.3, -0.25) is 0 Å². The summed E-state index contributed by atoms with van der Waals surface area (Å²) in [6.45, 7) is 6.63. The first-order chi connectivity index (χ1) is 8.76. The van der Waals surface area contributed by atoms with Gasteiger partial charge in [0.2, 0.25) is 0 Å². The molecule has 1 rings (SSSR count). The molecule has 0 aliphatic heterocycles. The molecule has 0 nitrogen and oxygen atoms in total. The van der Waals surface area contributed by atoms with Crippen LogP contribution in [0.3, 0.4) is 0 Å². The number of halogens is 1. The van der Waals surface area contributed by atoms with Gasteiger partial charge in [0.1, 0.15) is 0 Å². The van der Waals surface area contributed by atoms with Crippen molar-refractivity contribution >= 4 is 11.6 Å². The second kappa shape index (κ2) is 13.0. The van der Waals surface area contributed by atoms with Crippen LogP contribution in [0.5, 0.6) is 0 Å². The van der Waals surface area contributed by atoms with Gasteiger partial charge in [0.15, 0.2) is 0 Å². The number of benzene rings is 1. The van der Waals surface area contributed by atoms with E-state index in [0.717, 1.165) is 11.4 Å². The fourth-order valence-corrected chi connectivity index (χ4v) is 2.08. The Bertz CT molecular complexity index is 275. The van der Waals surface area contributed by atoms with E-state index in [9.17, 15) is 0 Å². The lowest BCUT2D eigenvalue weighted by Crippen LogP contribution is -1.78. The Morgan fingerprint density at radius 2 is 1.28 bits per heavy atom. The summed E-state index contributed by atoms with van der Waals surface area (Å²) in [4.78, 5) is 0. The molecule has 0 aliphatic carbocycles. The molecular weight excluding hydrogens is 240 g/mol. The van der Waals surface area contributed by atoms with Gasteiger partial charge in [-0.15, -0.1) is 0 Å². The quantitative estimate of drug-likeness (QED) is 0.485. The van der Waals surface area contributed by atoms with Crippen LogP contribution in [0.2, 0.25) is 5.02 Å². The van der Waals surface area contributed by atoms with Crippen molar-refractivity contribution in [3.8, 4) is 0 Å². The van der Waals surface area contributed by atoms with E-state index in [0.29, 0.717) is 0 Å². The van der Waals surface area contributed by atoms with Gasteiger partial charge >= 0.3 is 0 Å². The molecule has 0 fully saturated rings. The van der Waals surface area contributed by atoms with E-state index in [1.54, 1.807) is 0 Å². The van der Waals surface area contributed by atoms with E-state index in [-0.39, 0.29) is 0 Å². The maximum absolute atomic E-state index is 5.82. The first-order valence-corrected chi connectivity index (χ1v) is 7.87. The van der Waals surface area contributed by atoms with Crippen LogP contribution in [-0.2, 0) is 6.42 Å². The molecule has 0 saturated heterocycles. The van der Waals surface area contributed by atoms with Crippen molar-refractivity contribution in [3.05, 3.63) is 34.9 Å². The fraction of sp³-hybridized carbons (Fsp3) is 0.647. The lowest BCUT2D eigenvalue weighted by Gasteiger charge is -1.96. The lowest BCUT2D eigenvalue weighted by atomic mass is 10.1. The Balaban J connectivity index is 0.000000321. The minimum Gasteiger partial charge on any atom is -0.0840 e. The Labute approximate surface area is 119 Å². The van der Waals surface area contributed by atoms with Crippen molar-refractivity contribution in [2.45, 2.75) is 72.1 Å². The molecule has 104 valence electrons. The van der Waals surface area contributed by atoms with Crippen molar-refractivity contribution in [2.75, 3.05) is 0 Å². The highest BCUT2D eigenvalue weighted by Crippen LogP contribution is 2.14. The Morgan fingerprint density at radius 3 is 1.67 bits per heavy atom. The summed E-state index contributed by atoms with van der Waals surface area (Å²) >= 11 is 5.82. The monoisotopic (exact) mass is 268 g/mol. The van der Waals surface area contributed by atoms with Gasteiger partial charge in [0.25, 0.3) is 0 Å². The van der Waals surface area contributed by atoms with Gasteiger partial charge in [0, 0.05) is 5.02 Å². The summed E-state index contributed by atoms with van der Waals surface area (Å²) in [5.41, 5.74) is 1.22. The van der Waals surface area contributed by atoms with Crippen molar-refractivity contribution in [1.29, 1.82) is 0 Å². The lowest BCUT2D eigenvalue weighted by molar-refractivity contribution is 0.602. The van der Waals surface area contributed by atoms with E-state index in [2.05, 4.69) is 20.8 Å². The number of unbranched alkanes of at least 4 members (excludes halogenated alkanes) is 6. The summed E-state index contributed by atoms with van der Waals surface area (Å²) in [6, 6.07) is 7.91. The van der Waals surface area contributed by atoms with E-state index in [4.69, 9.17) is 11.6 Å². The maximum atomic E-state index is 5.82. The van der Waals surface area contributed by atoms with E-state index >= 15 is 0 Å². The Hall–Kier alpha value is -0.490. The third-order valence-electron chi connectivity index (χ3n) is 3.05. The molecule has 1 heteroatoms. The number of rotatable bonds is 7. The first-order valence-electron chi connectivity index (χ1n) is 7.49. The fourth-order valence-electron chi connectivity index (χ4n) is 1.82. The van der Waals surface area contributed by atoms with Crippen molar-refractivity contribution in [1.82, 2.24) is 0 Å². The molecule has 0 N–H and O–H groups in total. The third-order valence-corrected chi connectivity index (χ3v) is 3.41. The summed E-state index contributed by atoms with van der Waals surface area (Å²) in [5.74, 6) is 0. The number of hydrogen-bond donors (Lipinski definition) is 0. The summed E-state index contributed by atoms with van der Waals surface area (Å²) in [7, 11) is 0. The zero-order valence-corrected chi connectivity index (χ0v) is 13.1. The van der Waals surface area contributed by atoms with Gasteiger partial charge in [-0.05, 0) is 18.1 Å². The smallest absolute Gasteiger partial charge is 0.0437 e.